The van der Waals surface area contributed by atoms with Crippen LogP contribution in [0, 0.1) is 13.8 Å². The van der Waals surface area contributed by atoms with Crippen LogP contribution < -0.4 is 5.32 Å². The van der Waals surface area contributed by atoms with Crippen molar-refractivity contribution >= 4 is 35.0 Å². The number of aromatic nitrogens is 3. The van der Waals surface area contributed by atoms with Gasteiger partial charge in [0, 0.05) is 16.6 Å². The van der Waals surface area contributed by atoms with Gasteiger partial charge in [0.15, 0.2) is 5.16 Å². The van der Waals surface area contributed by atoms with Crippen LogP contribution in [0.3, 0.4) is 0 Å². The molecular weight excluding hydrogens is 428 g/mol. The first-order valence-corrected chi connectivity index (χ1v) is 12.1. The molecule has 162 valence electrons. The summed E-state index contributed by atoms with van der Waals surface area (Å²) < 4.78 is 2.08. The standard InChI is InChI=1S/C24H27ClN4OS/c1-16-11-12-21(17(2)13-16)26-22(30)15-31-24-28-27-23(18-7-4-3-5-8-18)29(24)20-10-6-9-19(25)14-20/h6,9-14,18H,3-5,7-8,15H2,1-2H3,(H,26,30). The fraction of sp³-hybridized carbons (Fsp3) is 0.375. The topological polar surface area (TPSA) is 59.8 Å². The van der Waals surface area contributed by atoms with Gasteiger partial charge >= 0.3 is 0 Å². The minimum Gasteiger partial charge on any atom is -0.325 e. The van der Waals surface area contributed by atoms with Crippen molar-refractivity contribution in [3.05, 3.63) is 64.4 Å². The molecule has 0 saturated heterocycles. The Hall–Kier alpha value is -2.31. The van der Waals surface area contributed by atoms with Crippen LogP contribution in [0.5, 0.6) is 0 Å². The smallest absolute Gasteiger partial charge is 0.234 e. The van der Waals surface area contributed by atoms with Crippen LogP contribution in [0.2, 0.25) is 5.02 Å². The largest absolute Gasteiger partial charge is 0.325 e. The van der Waals surface area contributed by atoms with E-state index in [0.29, 0.717) is 10.9 Å². The average Bonchev–Trinajstić information content (AvgIpc) is 3.19. The zero-order valence-corrected chi connectivity index (χ0v) is 19.5. The molecule has 1 N–H and O–H groups in total. The molecule has 4 rings (SSSR count). The lowest BCUT2D eigenvalue weighted by Crippen LogP contribution is -2.16. The van der Waals surface area contributed by atoms with Gasteiger partial charge in [-0.05, 0) is 56.5 Å². The minimum absolute atomic E-state index is 0.0585. The Labute approximate surface area is 192 Å². The van der Waals surface area contributed by atoms with Crippen molar-refractivity contribution < 1.29 is 4.79 Å². The summed E-state index contributed by atoms with van der Waals surface area (Å²) in [5, 5.41) is 13.4. The van der Waals surface area contributed by atoms with Gasteiger partial charge in [0.05, 0.1) is 11.4 Å². The Bertz CT molecular complexity index is 1080. The Balaban J connectivity index is 1.54. The minimum atomic E-state index is -0.0585. The number of aryl methyl sites for hydroxylation is 2. The molecule has 1 aromatic heterocycles. The van der Waals surface area contributed by atoms with E-state index in [0.717, 1.165) is 40.8 Å². The van der Waals surface area contributed by atoms with E-state index in [1.807, 2.05) is 50.2 Å². The highest BCUT2D eigenvalue weighted by molar-refractivity contribution is 7.99. The van der Waals surface area contributed by atoms with Crippen molar-refractivity contribution in [3.63, 3.8) is 0 Å². The molecule has 0 unspecified atom stereocenters. The summed E-state index contributed by atoms with van der Waals surface area (Å²) in [5.41, 5.74) is 4.01. The highest BCUT2D eigenvalue weighted by atomic mass is 35.5. The van der Waals surface area contributed by atoms with Gasteiger partial charge in [-0.3, -0.25) is 9.36 Å². The first kappa shape index (κ1) is 21.9. The fourth-order valence-electron chi connectivity index (χ4n) is 4.13. The average molecular weight is 455 g/mol. The maximum Gasteiger partial charge on any atom is 0.234 e. The molecule has 7 heteroatoms. The second-order valence-electron chi connectivity index (χ2n) is 8.15. The Kier molecular flexibility index (Phi) is 6.98. The zero-order chi connectivity index (χ0) is 21.8. The second kappa shape index (κ2) is 9.88. The molecule has 0 aliphatic heterocycles. The number of carbonyl (C=O) groups excluding carboxylic acids is 1. The number of hydrogen-bond donors (Lipinski definition) is 1. The Morgan fingerprint density at radius 1 is 1.13 bits per heavy atom. The van der Waals surface area contributed by atoms with E-state index in [1.54, 1.807) is 0 Å². The van der Waals surface area contributed by atoms with Crippen LogP contribution in [0.15, 0.2) is 47.6 Å². The Morgan fingerprint density at radius 2 is 1.94 bits per heavy atom. The number of halogens is 1. The number of hydrogen-bond acceptors (Lipinski definition) is 4. The summed E-state index contributed by atoms with van der Waals surface area (Å²) in [6.45, 7) is 4.04. The maximum atomic E-state index is 12.6. The SMILES string of the molecule is Cc1ccc(NC(=O)CSc2nnc(C3CCCCC3)n2-c2cccc(Cl)c2)c(C)c1. The highest BCUT2D eigenvalue weighted by Gasteiger charge is 2.25. The molecule has 1 saturated carbocycles. The highest BCUT2D eigenvalue weighted by Crippen LogP contribution is 2.35. The summed E-state index contributed by atoms with van der Waals surface area (Å²) in [5.74, 6) is 1.56. The monoisotopic (exact) mass is 454 g/mol. The van der Waals surface area contributed by atoms with Crippen LogP contribution >= 0.6 is 23.4 Å². The third-order valence-corrected chi connectivity index (χ3v) is 6.85. The van der Waals surface area contributed by atoms with Gasteiger partial charge in [0.25, 0.3) is 0 Å². The predicted octanol–water partition coefficient (Wildman–Crippen LogP) is 6.32. The maximum absolute atomic E-state index is 12.6. The van der Waals surface area contributed by atoms with Crippen molar-refractivity contribution in [1.29, 1.82) is 0 Å². The molecule has 31 heavy (non-hydrogen) atoms. The number of carbonyl (C=O) groups is 1. The third-order valence-electron chi connectivity index (χ3n) is 5.68. The molecule has 0 radical (unpaired) electrons. The fourth-order valence-corrected chi connectivity index (χ4v) is 5.07. The molecular formula is C24H27ClN4OS. The van der Waals surface area contributed by atoms with Crippen LogP contribution in [-0.4, -0.2) is 26.4 Å². The van der Waals surface area contributed by atoms with Crippen molar-refractivity contribution in [2.45, 2.75) is 57.0 Å². The zero-order valence-electron chi connectivity index (χ0n) is 17.9. The van der Waals surface area contributed by atoms with Gasteiger partial charge in [-0.1, -0.05) is 66.4 Å². The molecule has 5 nitrogen and oxygen atoms in total. The van der Waals surface area contributed by atoms with Gasteiger partial charge in [-0.15, -0.1) is 10.2 Å². The van der Waals surface area contributed by atoms with Gasteiger partial charge in [0.2, 0.25) is 5.91 Å². The first-order valence-electron chi connectivity index (χ1n) is 10.7. The molecule has 0 atom stereocenters. The predicted molar refractivity (Wildman–Crippen MR) is 127 cm³/mol. The molecule has 1 heterocycles. The van der Waals surface area contributed by atoms with E-state index in [2.05, 4.69) is 26.1 Å². The molecule has 1 amide bonds. The van der Waals surface area contributed by atoms with Crippen LogP contribution in [0.1, 0.15) is 55.0 Å². The van der Waals surface area contributed by atoms with E-state index in [9.17, 15) is 4.79 Å². The van der Waals surface area contributed by atoms with E-state index in [1.165, 1.54) is 36.6 Å². The normalized spacial score (nSPS) is 14.5. The first-order chi connectivity index (χ1) is 15.0. The van der Waals surface area contributed by atoms with Gasteiger partial charge < -0.3 is 5.32 Å². The molecule has 1 aliphatic carbocycles. The lowest BCUT2D eigenvalue weighted by molar-refractivity contribution is -0.113. The van der Waals surface area contributed by atoms with E-state index >= 15 is 0 Å². The van der Waals surface area contributed by atoms with Gasteiger partial charge in [0.1, 0.15) is 5.82 Å². The van der Waals surface area contributed by atoms with E-state index in [4.69, 9.17) is 11.6 Å². The van der Waals surface area contributed by atoms with Crippen molar-refractivity contribution in [3.8, 4) is 5.69 Å². The lowest BCUT2D eigenvalue weighted by Gasteiger charge is -2.22. The Morgan fingerprint density at radius 3 is 2.68 bits per heavy atom. The number of rotatable bonds is 6. The molecule has 0 spiro atoms. The summed E-state index contributed by atoms with van der Waals surface area (Å²) in [6.07, 6.45) is 5.96. The molecule has 2 aromatic carbocycles. The second-order valence-corrected chi connectivity index (χ2v) is 9.53. The molecule has 0 bridgehead atoms. The van der Waals surface area contributed by atoms with Crippen LogP contribution in [-0.2, 0) is 4.79 Å². The summed E-state index contributed by atoms with van der Waals surface area (Å²) in [6, 6.07) is 13.8. The number of nitrogens with one attached hydrogen (secondary N) is 1. The number of benzene rings is 2. The van der Waals surface area contributed by atoms with Crippen LogP contribution in [0.25, 0.3) is 5.69 Å². The van der Waals surface area contributed by atoms with Crippen molar-refractivity contribution in [1.82, 2.24) is 14.8 Å². The van der Waals surface area contributed by atoms with Gasteiger partial charge in [-0.25, -0.2) is 0 Å². The van der Waals surface area contributed by atoms with E-state index < -0.39 is 0 Å². The van der Waals surface area contributed by atoms with E-state index in [-0.39, 0.29) is 11.7 Å². The van der Waals surface area contributed by atoms with Gasteiger partial charge in [-0.2, -0.15) is 0 Å². The summed E-state index contributed by atoms with van der Waals surface area (Å²) in [7, 11) is 0. The number of thioether (sulfide) groups is 1. The third kappa shape index (κ3) is 5.31. The number of anilines is 1. The van der Waals surface area contributed by atoms with Crippen molar-refractivity contribution in [2.24, 2.45) is 0 Å². The molecule has 1 fully saturated rings. The summed E-state index contributed by atoms with van der Waals surface area (Å²) >= 11 is 7.67. The van der Waals surface area contributed by atoms with Crippen LogP contribution in [0.4, 0.5) is 5.69 Å². The summed E-state index contributed by atoms with van der Waals surface area (Å²) in [4.78, 5) is 12.6. The molecule has 3 aromatic rings. The number of amides is 1. The molecule has 1 aliphatic rings. The van der Waals surface area contributed by atoms with Crippen molar-refractivity contribution in [2.75, 3.05) is 11.1 Å². The quantitative estimate of drug-likeness (QED) is 0.443. The lowest BCUT2D eigenvalue weighted by atomic mass is 9.88. The number of nitrogens with zero attached hydrogens (tertiary/aromatic N) is 3.